The maximum absolute atomic E-state index is 12.3. The summed E-state index contributed by atoms with van der Waals surface area (Å²) in [4.78, 5) is 28.3. The molecule has 23 heavy (non-hydrogen) atoms. The Bertz CT molecular complexity index is 538. The van der Waals surface area contributed by atoms with E-state index in [2.05, 4.69) is 31.3 Å². The summed E-state index contributed by atoms with van der Waals surface area (Å²) in [6.45, 7) is 3.26. The summed E-state index contributed by atoms with van der Waals surface area (Å²) < 4.78 is 10.0. The molecule has 2 fully saturated rings. The van der Waals surface area contributed by atoms with E-state index in [1.807, 2.05) is 0 Å². The van der Waals surface area contributed by atoms with E-state index in [9.17, 15) is 14.7 Å². The first-order valence-electron chi connectivity index (χ1n) is 7.11. The van der Waals surface area contributed by atoms with E-state index >= 15 is 0 Å². The number of carbonyl (C=O) groups excluding carboxylic acids is 2. The van der Waals surface area contributed by atoms with Crippen LogP contribution in [0.5, 0.6) is 0 Å². The third-order valence-corrected chi connectivity index (χ3v) is 4.59. The number of ether oxygens (including phenoxy) is 2. The predicted octanol–water partition coefficient (Wildman–Crippen LogP) is 0.841. The fourth-order valence-electron chi connectivity index (χ4n) is 2.68. The quantitative estimate of drug-likeness (QED) is 0.309. The SMILES string of the molecule is CCOC1N([C@H]2CC(N=[N+]=[N-])[C@@H](CO)O2)C(=O)NC(=O)C1(C)Br. The number of urea groups is 1. The lowest BCUT2D eigenvalue weighted by Gasteiger charge is -2.45. The molecule has 3 unspecified atom stereocenters. The van der Waals surface area contributed by atoms with Crippen molar-refractivity contribution in [2.24, 2.45) is 5.11 Å². The molecule has 2 aliphatic rings. The van der Waals surface area contributed by atoms with Crippen LogP contribution in [0.4, 0.5) is 4.79 Å². The second-order valence-corrected chi connectivity index (χ2v) is 7.02. The third kappa shape index (κ3) is 3.29. The standard InChI is InChI=1S/C12H18BrN5O5/c1-3-22-10-12(2,13)9(20)15-11(21)18(10)8-4-6(16-17-14)7(5-19)23-8/h6-8,10,19H,3-5H2,1-2H3,(H,15,20,21)/t6?,7-,8-,10?,12?/m1/s1. The number of alkyl halides is 1. The van der Waals surface area contributed by atoms with Crippen LogP contribution in [0.25, 0.3) is 10.4 Å². The Kier molecular flexibility index (Phi) is 5.48. The molecule has 0 spiro atoms. The van der Waals surface area contributed by atoms with Crippen molar-refractivity contribution in [2.75, 3.05) is 13.2 Å². The van der Waals surface area contributed by atoms with Gasteiger partial charge >= 0.3 is 6.03 Å². The number of nitrogens with one attached hydrogen (secondary N) is 1. The van der Waals surface area contributed by atoms with Gasteiger partial charge in [0.1, 0.15) is 10.6 Å². The van der Waals surface area contributed by atoms with Crippen molar-refractivity contribution in [3.05, 3.63) is 10.4 Å². The summed E-state index contributed by atoms with van der Waals surface area (Å²) >= 11 is 3.30. The smallest absolute Gasteiger partial charge is 0.328 e. The molecule has 10 nitrogen and oxygen atoms in total. The average Bonchev–Trinajstić information content (AvgIpc) is 2.88. The third-order valence-electron chi connectivity index (χ3n) is 3.83. The maximum Gasteiger partial charge on any atom is 0.328 e. The largest absolute Gasteiger partial charge is 0.394 e. The Morgan fingerprint density at radius 3 is 2.91 bits per heavy atom. The molecule has 2 N–H and O–H groups in total. The number of azide groups is 1. The van der Waals surface area contributed by atoms with E-state index in [-0.39, 0.29) is 19.6 Å². The van der Waals surface area contributed by atoms with Crippen LogP contribution in [0.2, 0.25) is 0 Å². The lowest BCUT2D eigenvalue weighted by Crippen LogP contribution is -2.69. The molecule has 11 heteroatoms. The zero-order valence-electron chi connectivity index (χ0n) is 12.7. The van der Waals surface area contributed by atoms with Crippen LogP contribution < -0.4 is 5.32 Å². The van der Waals surface area contributed by atoms with Crippen LogP contribution in [-0.2, 0) is 14.3 Å². The number of halogens is 1. The molecule has 2 rings (SSSR count). The Balaban J connectivity index is 2.29. The molecule has 0 aromatic heterocycles. The Morgan fingerprint density at radius 2 is 2.35 bits per heavy atom. The van der Waals surface area contributed by atoms with Gasteiger partial charge in [0, 0.05) is 17.9 Å². The van der Waals surface area contributed by atoms with Crippen molar-refractivity contribution in [2.45, 2.75) is 49.2 Å². The summed E-state index contributed by atoms with van der Waals surface area (Å²) in [5.41, 5.74) is 8.59. The van der Waals surface area contributed by atoms with Crippen molar-refractivity contribution in [3.8, 4) is 0 Å². The Hall–Kier alpha value is -1.39. The Morgan fingerprint density at radius 1 is 1.65 bits per heavy atom. The highest BCUT2D eigenvalue weighted by molar-refractivity contribution is 9.10. The zero-order valence-corrected chi connectivity index (χ0v) is 14.3. The van der Waals surface area contributed by atoms with Crippen LogP contribution in [-0.4, -0.2) is 64.1 Å². The number of amides is 3. The number of rotatable bonds is 5. The first kappa shape index (κ1) is 18.0. The minimum Gasteiger partial charge on any atom is -0.394 e. The van der Waals surface area contributed by atoms with Crippen molar-refractivity contribution in [3.63, 3.8) is 0 Å². The van der Waals surface area contributed by atoms with Gasteiger partial charge in [-0.2, -0.15) is 0 Å². The van der Waals surface area contributed by atoms with Gasteiger partial charge in [-0.15, -0.1) is 0 Å². The number of aliphatic hydroxyl groups is 1. The highest BCUT2D eigenvalue weighted by atomic mass is 79.9. The van der Waals surface area contributed by atoms with Gasteiger partial charge in [0.25, 0.3) is 0 Å². The molecule has 3 amide bonds. The molecule has 2 aliphatic heterocycles. The number of hydrogen-bond donors (Lipinski definition) is 2. The molecular weight excluding hydrogens is 374 g/mol. The van der Waals surface area contributed by atoms with Gasteiger partial charge in [-0.1, -0.05) is 21.0 Å². The first-order chi connectivity index (χ1) is 10.9. The first-order valence-corrected chi connectivity index (χ1v) is 7.90. The fraction of sp³-hybridized carbons (Fsp3) is 0.833. The number of nitrogens with zero attached hydrogens (tertiary/aromatic N) is 4. The van der Waals surface area contributed by atoms with Crippen molar-refractivity contribution < 1.29 is 24.2 Å². The van der Waals surface area contributed by atoms with Gasteiger partial charge in [0.05, 0.1) is 18.8 Å². The van der Waals surface area contributed by atoms with E-state index < -0.39 is 40.9 Å². The van der Waals surface area contributed by atoms with Crippen LogP contribution in [0.3, 0.4) is 0 Å². The summed E-state index contributed by atoms with van der Waals surface area (Å²) in [6.07, 6.45) is -2.21. The minimum absolute atomic E-state index is 0.198. The number of carbonyl (C=O) groups is 2. The molecule has 2 saturated heterocycles. The Labute approximate surface area is 140 Å². The topological polar surface area (TPSA) is 137 Å². The number of hydrogen-bond acceptors (Lipinski definition) is 6. The monoisotopic (exact) mass is 391 g/mol. The molecule has 5 atom stereocenters. The van der Waals surface area contributed by atoms with E-state index in [0.29, 0.717) is 0 Å². The number of imide groups is 1. The lowest BCUT2D eigenvalue weighted by molar-refractivity contribution is -0.158. The van der Waals surface area contributed by atoms with Crippen molar-refractivity contribution >= 4 is 27.9 Å². The molecule has 0 saturated carbocycles. The second-order valence-electron chi connectivity index (χ2n) is 5.37. The summed E-state index contributed by atoms with van der Waals surface area (Å²) in [5.74, 6) is -0.513. The van der Waals surface area contributed by atoms with Crippen LogP contribution in [0.15, 0.2) is 5.11 Å². The van der Waals surface area contributed by atoms with E-state index in [0.717, 1.165) is 0 Å². The molecule has 0 aromatic rings. The van der Waals surface area contributed by atoms with Gasteiger partial charge in [0.2, 0.25) is 5.91 Å². The van der Waals surface area contributed by atoms with Crippen LogP contribution >= 0.6 is 15.9 Å². The van der Waals surface area contributed by atoms with E-state index in [1.54, 1.807) is 13.8 Å². The maximum atomic E-state index is 12.3. The van der Waals surface area contributed by atoms with Crippen LogP contribution in [0, 0.1) is 0 Å². The van der Waals surface area contributed by atoms with Crippen molar-refractivity contribution in [1.82, 2.24) is 10.2 Å². The lowest BCUT2D eigenvalue weighted by atomic mass is 10.0. The van der Waals surface area contributed by atoms with E-state index in [4.69, 9.17) is 15.0 Å². The fourth-order valence-corrected chi connectivity index (χ4v) is 3.13. The van der Waals surface area contributed by atoms with E-state index in [1.165, 1.54) is 4.90 Å². The highest BCUT2D eigenvalue weighted by Crippen LogP contribution is 2.36. The molecule has 0 radical (unpaired) electrons. The molecular formula is C12H18BrN5O5. The highest BCUT2D eigenvalue weighted by Gasteiger charge is 2.54. The number of aliphatic hydroxyl groups excluding tert-OH is 1. The molecule has 2 heterocycles. The van der Waals surface area contributed by atoms with Crippen molar-refractivity contribution in [1.29, 1.82) is 0 Å². The van der Waals surface area contributed by atoms with Gasteiger partial charge in [-0.3, -0.25) is 15.0 Å². The molecule has 0 aromatic carbocycles. The molecule has 128 valence electrons. The zero-order chi connectivity index (χ0) is 17.2. The summed E-state index contributed by atoms with van der Waals surface area (Å²) in [7, 11) is 0. The van der Waals surface area contributed by atoms with Gasteiger partial charge in [-0.25, -0.2) is 4.79 Å². The van der Waals surface area contributed by atoms with Gasteiger partial charge in [0.15, 0.2) is 6.23 Å². The summed E-state index contributed by atoms with van der Waals surface area (Å²) in [5, 5.41) is 15.2. The van der Waals surface area contributed by atoms with Gasteiger partial charge in [-0.05, 0) is 19.4 Å². The predicted molar refractivity (Wildman–Crippen MR) is 81.4 cm³/mol. The summed E-state index contributed by atoms with van der Waals surface area (Å²) in [6, 6.07) is -1.27. The average molecular weight is 392 g/mol. The van der Waals surface area contributed by atoms with Gasteiger partial charge < -0.3 is 14.6 Å². The minimum atomic E-state index is -1.16. The normalized spacial score (nSPS) is 37.5. The molecule has 0 aliphatic carbocycles. The molecule has 0 bridgehead atoms. The second kappa shape index (κ2) is 7.02. The van der Waals surface area contributed by atoms with Crippen LogP contribution in [0.1, 0.15) is 20.3 Å².